The SMILES string of the molecule is Cc1cccc(CSCCN=[N+]=[N-])c1. The Balaban J connectivity index is 2.27. The Hall–Kier alpha value is -1.12. The van der Waals surface area contributed by atoms with E-state index in [-0.39, 0.29) is 0 Å². The fourth-order valence-electron chi connectivity index (χ4n) is 1.14. The van der Waals surface area contributed by atoms with Gasteiger partial charge in [0, 0.05) is 17.2 Å². The molecule has 0 unspecified atom stereocenters. The molecule has 0 radical (unpaired) electrons. The van der Waals surface area contributed by atoms with Crippen molar-refractivity contribution in [3.63, 3.8) is 0 Å². The predicted octanol–water partition coefficient (Wildman–Crippen LogP) is 3.54. The third-order valence-electron chi connectivity index (χ3n) is 1.75. The van der Waals surface area contributed by atoms with E-state index in [4.69, 9.17) is 5.53 Å². The lowest BCUT2D eigenvalue weighted by molar-refractivity contribution is 1.12. The van der Waals surface area contributed by atoms with Gasteiger partial charge in [-0.25, -0.2) is 0 Å². The molecule has 74 valence electrons. The zero-order valence-electron chi connectivity index (χ0n) is 8.18. The molecule has 0 aliphatic heterocycles. The van der Waals surface area contributed by atoms with Crippen LogP contribution in [-0.4, -0.2) is 12.3 Å². The molecule has 0 atom stereocenters. The van der Waals surface area contributed by atoms with Gasteiger partial charge in [0.15, 0.2) is 0 Å². The zero-order valence-corrected chi connectivity index (χ0v) is 9.00. The highest BCUT2D eigenvalue weighted by molar-refractivity contribution is 7.98. The maximum Gasteiger partial charge on any atom is 0.0348 e. The van der Waals surface area contributed by atoms with Crippen molar-refractivity contribution in [2.45, 2.75) is 12.7 Å². The molecule has 0 aliphatic rings. The first-order valence-corrected chi connectivity index (χ1v) is 5.62. The Morgan fingerprint density at radius 2 is 2.36 bits per heavy atom. The van der Waals surface area contributed by atoms with Crippen molar-refractivity contribution in [3.8, 4) is 0 Å². The standard InChI is InChI=1S/C10H13N3S/c1-9-3-2-4-10(7-9)8-14-6-5-12-13-11/h2-4,7H,5-6,8H2,1H3. The number of hydrogen-bond acceptors (Lipinski definition) is 2. The number of benzene rings is 1. The summed E-state index contributed by atoms with van der Waals surface area (Å²) in [5, 5.41) is 3.48. The molecule has 0 aliphatic carbocycles. The molecule has 0 aromatic heterocycles. The van der Waals surface area contributed by atoms with Crippen LogP contribution >= 0.6 is 11.8 Å². The summed E-state index contributed by atoms with van der Waals surface area (Å²) >= 11 is 1.79. The highest BCUT2D eigenvalue weighted by Crippen LogP contribution is 2.13. The fourth-order valence-corrected chi connectivity index (χ4v) is 1.91. The van der Waals surface area contributed by atoms with E-state index in [0.29, 0.717) is 6.54 Å². The van der Waals surface area contributed by atoms with Gasteiger partial charge in [-0.1, -0.05) is 34.9 Å². The maximum atomic E-state index is 8.07. The number of thioether (sulfide) groups is 1. The van der Waals surface area contributed by atoms with E-state index >= 15 is 0 Å². The highest BCUT2D eigenvalue weighted by atomic mass is 32.2. The van der Waals surface area contributed by atoms with Crippen molar-refractivity contribution in [3.05, 3.63) is 45.8 Å². The van der Waals surface area contributed by atoms with E-state index in [0.717, 1.165) is 11.5 Å². The van der Waals surface area contributed by atoms with E-state index in [1.165, 1.54) is 11.1 Å². The van der Waals surface area contributed by atoms with Crippen LogP contribution in [0.15, 0.2) is 29.4 Å². The summed E-state index contributed by atoms with van der Waals surface area (Å²) in [5.74, 6) is 1.88. The second-order valence-corrected chi connectivity index (χ2v) is 4.10. The van der Waals surface area contributed by atoms with Gasteiger partial charge >= 0.3 is 0 Å². The van der Waals surface area contributed by atoms with E-state index < -0.39 is 0 Å². The second kappa shape index (κ2) is 6.35. The first-order valence-electron chi connectivity index (χ1n) is 4.47. The van der Waals surface area contributed by atoms with Gasteiger partial charge in [-0.15, -0.1) is 0 Å². The van der Waals surface area contributed by atoms with Crippen molar-refractivity contribution in [2.75, 3.05) is 12.3 Å². The largest absolute Gasteiger partial charge is 0.157 e. The van der Waals surface area contributed by atoms with Gasteiger partial charge in [-0.05, 0) is 23.8 Å². The van der Waals surface area contributed by atoms with Crippen LogP contribution in [0, 0.1) is 6.92 Å². The minimum absolute atomic E-state index is 0.576. The first kappa shape index (κ1) is 11.0. The summed E-state index contributed by atoms with van der Waals surface area (Å²) in [6, 6.07) is 8.46. The molecule has 0 spiro atoms. The monoisotopic (exact) mass is 207 g/mol. The summed E-state index contributed by atoms with van der Waals surface area (Å²) in [6.07, 6.45) is 0. The van der Waals surface area contributed by atoms with Gasteiger partial charge < -0.3 is 0 Å². The number of hydrogen-bond donors (Lipinski definition) is 0. The molecule has 0 N–H and O–H groups in total. The summed E-state index contributed by atoms with van der Waals surface area (Å²) in [7, 11) is 0. The van der Waals surface area contributed by atoms with Crippen molar-refractivity contribution in [1.29, 1.82) is 0 Å². The van der Waals surface area contributed by atoms with Gasteiger partial charge in [-0.3, -0.25) is 0 Å². The number of azide groups is 1. The van der Waals surface area contributed by atoms with E-state index in [2.05, 4.69) is 41.2 Å². The number of rotatable bonds is 5. The van der Waals surface area contributed by atoms with Crippen molar-refractivity contribution < 1.29 is 0 Å². The normalized spacial score (nSPS) is 9.50. The molecular weight excluding hydrogens is 194 g/mol. The van der Waals surface area contributed by atoms with Crippen molar-refractivity contribution in [2.24, 2.45) is 5.11 Å². The van der Waals surface area contributed by atoms with Crippen LogP contribution < -0.4 is 0 Å². The van der Waals surface area contributed by atoms with E-state index in [9.17, 15) is 0 Å². The Kier molecular flexibility index (Phi) is 4.97. The van der Waals surface area contributed by atoms with Gasteiger partial charge in [0.1, 0.15) is 0 Å². The molecule has 1 aromatic rings. The Bertz CT molecular complexity index is 332. The van der Waals surface area contributed by atoms with Crippen LogP contribution in [-0.2, 0) is 5.75 Å². The predicted molar refractivity (Wildman–Crippen MR) is 61.4 cm³/mol. The van der Waals surface area contributed by atoms with Gasteiger partial charge in [0.2, 0.25) is 0 Å². The Labute approximate surface area is 88.1 Å². The average Bonchev–Trinajstić information content (AvgIpc) is 2.18. The van der Waals surface area contributed by atoms with E-state index in [1.54, 1.807) is 11.8 Å². The molecule has 4 heteroatoms. The topological polar surface area (TPSA) is 48.8 Å². The summed E-state index contributed by atoms with van der Waals surface area (Å²) in [4.78, 5) is 2.71. The zero-order chi connectivity index (χ0) is 10.2. The Morgan fingerprint density at radius 3 is 3.07 bits per heavy atom. The minimum atomic E-state index is 0.576. The molecule has 3 nitrogen and oxygen atoms in total. The lowest BCUT2D eigenvalue weighted by Crippen LogP contribution is -1.86. The van der Waals surface area contributed by atoms with Crippen LogP contribution in [0.1, 0.15) is 11.1 Å². The van der Waals surface area contributed by atoms with Crippen LogP contribution in [0.2, 0.25) is 0 Å². The number of nitrogens with zero attached hydrogens (tertiary/aromatic N) is 3. The summed E-state index contributed by atoms with van der Waals surface area (Å²) in [6.45, 7) is 2.67. The molecule has 0 fully saturated rings. The molecule has 1 aromatic carbocycles. The molecule has 0 saturated carbocycles. The quantitative estimate of drug-likeness (QED) is 0.315. The van der Waals surface area contributed by atoms with E-state index in [1.807, 2.05) is 0 Å². The first-order chi connectivity index (χ1) is 6.83. The smallest absolute Gasteiger partial charge is 0.0348 e. The number of aryl methyl sites for hydroxylation is 1. The van der Waals surface area contributed by atoms with Gasteiger partial charge in [-0.2, -0.15) is 11.8 Å². The molecule has 0 saturated heterocycles. The fraction of sp³-hybridized carbons (Fsp3) is 0.400. The molecule has 0 heterocycles. The molecule has 1 rings (SSSR count). The molecule has 0 amide bonds. The Morgan fingerprint density at radius 1 is 1.50 bits per heavy atom. The third-order valence-corrected chi connectivity index (χ3v) is 2.76. The molecule has 14 heavy (non-hydrogen) atoms. The van der Waals surface area contributed by atoms with Crippen molar-refractivity contribution in [1.82, 2.24) is 0 Å². The second-order valence-electron chi connectivity index (χ2n) is 3.00. The third kappa shape index (κ3) is 4.21. The molecular formula is C10H13N3S. The molecule has 0 bridgehead atoms. The summed E-state index contributed by atoms with van der Waals surface area (Å²) in [5.41, 5.74) is 10.7. The van der Waals surface area contributed by atoms with Crippen LogP contribution in [0.3, 0.4) is 0 Å². The van der Waals surface area contributed by atoms with Gasteiger partial charge in [0.25, 0.3) is 0 Å². The van der Waals surface area contributed by atoms with Crippen LogP contribution in [0.4, 0.5) is 0 Å². The van der Waals surface area contributed by atoms with Crippen LogP contribution in [0.5, 0.6) is 0 Å². The van der Waals surface area contributed by atoms with Crippen LogP contribution in [0.25, 0.3) is 10.4 Å². The van der Waals surface area contributed by atoms with Crippen molar-refractivity contribution >= 4 is 11.8 Å². The minimum Gasteiger partial charge on any atom is -0.157 e. The average molecular weight is 207 g/mol. The lowest BCUT2D eigenvalue weighted by Gasteiger charge is -2.00. The highest BCUT2D eigenvalue weighted by Gasteiger charge is 1.93. The lowest BCUT2D eigenvalue weighted by atomic mass is 10.2. The van der Waals surface area contributed by atoms with Gasteiger partial charge in [0.05, 0.1) is 0 Å². The summed E-state index contributed by atoms with van der Waals surface area (Å²) < 4.78 is 0. The maximum absolute atomic E-state index is 8.07.